The lowest BCUT2D eigenvalue weighted by Gasteiger charge is -2.43. The number of rotatable bonds is 4. The topological polar surface area (TPSA) is 80.2 Å². The van der Waals surface area contributed by atoms with Crippen molar-refractivity contribution in [1.82, 2.24) is 19.9 Å². The highest BCUT2D eigenvalue weighted by molar-refractivity contribution is 5.93. The number of ether oxygens (including phenoxy) is 1. The molecule has 0 spiro atoms. The van der Waals surface area contributed by atoms with Crippen molar-refractivity contribution >= 4 is 22.8 Å². The fourth-order valence-electron chi connectivity index (χ4n) is 4.09. The van der Waals surface area contributed by atoms with Crippen LogP contribution in [0.2, 0.25) is 0 Å². The van der Waals surface area contributed by atoms with Crippen LogP contribution in [-0.4, -0.2) is 58.1 Å². The van der Waals surface area contributed by atoms with Gasteiger partial charge in [-0.25, -0.2) is 14.4 Å². The maximum absolute atomic E-state index is 13.5. The number of fused-ring (bicyclic) bond motifs is 1. The van der Waals surface area contributed by atoms with Crippen molar-refractivity contribution in [2.24, 2.45) is 5.92 Å². The van der Waals surface area contributed by atoms with Crippen molar-refractivity contribution in [1.29, 1.82) is 0 Å². The molecule has 30 heavy (non-hydrogen) atoms. The van der Waals surface area contributed by atoms with Crippen LogP contribution in [0.25, 0.3) is 22.0 Å². The second-order valence-electron chi connectivity index (χ2n) is 7.82. The fourth-order valence-corrected chi connectivity index (χ4v) is 4.09. The molecule has 1 N–H and O–H groups in total. The van der Waals surface area contributed by atoms with Crippen molar-refractivity contribution < 1.29 is 13.9 Å². The number of carbonyl (C=O) groups is 1. The molecule has 5 rings (SSSR count). The van der Waals surface area contributed by atoms with Crippen molar-refractivity contribution in [2.45, 2.75) is 18.9 Å². The first kappa shape index (κ1) is 19.0. The van der Waals surface area contributed by atoms with E-state index in [2.05, 4.69) is 25.2 Å². The first-order valence-corrected chi connectivity index (χ1v) is 10.2. The number of morpholine rings is 1. The molecular formula is C22H22FN5O2. The van der Waals surface area contributed by atoms with Crippen LogP contribution < -0.4 is 5.32 Å². The van der Waals surface area contributed by atoms with Crippen LogP contribution in [0, 0.1) is 11.7 Å². The van der Waals surface area contributed by atoms with Gasteiger partial charge in [-0.1, -0.05) is 12.1 Å². The highest BCUT2D eigenvalue weighted by atomic mass is 19.1. The van der Waals surface area contributed by atoms with E-state index in [-0.39, 0.29) is 23.6 Å². The molecule has 0 radical (unpaired) electrons. The second-order valence-corrected chi connectivity index (χ2v) is 7.82. The molecule has 1 aliphatic heterocycles. The molecule has 154 valence electrons. The van der Waals surface area contributed by atoms with Crippen LogP contribution in [0.1, 0.15) is 12.8 Å². The van der Waals surface area contributed by atoms with Gasteiger partial charge >= 0.3 is 0 Å². The summed E-state index contributed by atoms with van der Waals surface area (Å²) in [6, 6.07) is 7.49. The van der Waals surface area contributed by atoms with Gasteiger partial charge in [-0.05, 0) is 30.5 Å². The zero-order valence-electron chi connectivity index (χ0n) is 16.4. The summed E-state index contributed by atoms with van der Waals surface area (Å²) in [7, 11) is 0. The lowest BCUT2D eigenvalue weighted by atomic mass is 9.78. The minimum Gasteiger partial charge on any atom is -0.379 e. The van der Waals surface area contributed by atoms with E-state index >= 15 is 0 Å². The van der Waals surface area contributed by atoms with E-state index < -0.39 is 0 Å². The van der Waals surface area contributed by atoms with Crippen molar-refractivity contribution in [3.8, 4) is 11.1 Å². The monoisotopic (exact) mass is 407 g/mol. The molecule has 1 saturated carbocycles. The predicted octanol–water partition coefficient (Wildman–Crippen LogP) is 2.88. The van der Waals surface area contributed by atoms with E-state index in [0.717, 1.165) is 50.1 Å². The Morgan fingerprint density at radius 2 is 1.93 bits per heavy atom. The SMILES string of the molecule is O=C(Nc1ncc2ccc(-c3cncc(F)c3)cc2n1)[C@H]1C[C@H](N2CCOCC2)C1. The number of carbonyl (C=O) groups excluding carboxylic acids is 1. The number of halogens is 1. The molecule has 1 amide bonds. The maximum atomic E-state index is 13.5. The van der Waals surface area contributed by atoms with Gasteiger partial charge in [0.15, 0.2) is 0 Å². The molecule has 2 fully saturated rings. The molecule has 2 aromatic heterocycles. The molecule has 1 saturated heterocycles. The Bertz CT molecular complexity index is 1080. The third kappa shape index (κ3) is 3.88. The Labute approximate surface area is 173 Å². The average molecular weight is 407 g/mol. The molecule has 0 atom stereocenters. The summed E-state index contributed by atoms with van der Waals surface area (Å²) in [6.07, 6.45) is 6.18. The summed E-state index contributed by atoms with van der Waals surface area (Å²) in [4.78, 5) is 27.7. The van der Waals surface area contributed by atoms with Crippen LogP contribution in [0.5, 0.6) is 0 Å². The second kappa shape index (κ2) is 8.04. The zero-order valence-corrected chi connectivity index (χ0v) is 16.4. The largest absolute Gasteiger partial charge is 0.379 e. The smallest absolute Gasteiger partial charge is 0.229 e. The quantitative estimate of drug-likeness (QED) is 0.716. The van der Waals surface area contributed by atoms with E-state index in [1.807, 2.05) is 18.2 Å². The molecule has 1 aromatic carbocycles. The van der Waals surface area contributed by atoms with Gasteiger partial charge in [-0.15, -0.1) is 0 Å². The van der Waals surface area contributed by atoms with Gasteiger partial charge in [0.25, 0.3) is 0 Å². The standard InChI is InChI=1S/C22H22FN5O2/c23-18-7-17(11-24-13-18)14-1-2-15-12-25-22(26-20(15)10-14)27-21(29)16-8-19(9-16)28-3-5-30-6-4-28/h1-2,7,10-13,16,19H,3-6,8-9H2,(H,25,26,27,29)/t16-,19-. The Hall–Kier alpha value is -2.97. The molecular weight excluding hydrogens is 385 g/mol. The van der Waals surface area contributed by atoms with Crippen LogP contribution in [0.3, 0.4) is 0 Å². The number of pyridine rings is 1. The highest BCUT2D eigenvalue weighted by Crippen LogP contribution is 2.33. The van der Waals surface area contributed by atoms with Gasteiger partial charge in [0, 0.05) is 48.4 Å². The third-order valence-corrected chi connectivity index (χ3v) is 5.90. The van der Waals surface area contributed by atoms with Gasteiger partial charge < -0.3 is 4.74 Å². The summed E-state index contributed by atoms with van der Waals surface area (Å²) < 4.78 is 18.9. The lowest BCUT2D eigenvalue weighted by molar-refractivity contribution is -0.125. The van der Waals surface area contributed by atoms with Gasteiger partial charge in [-0.3, -0.25) is 20.0 Å². The Morgan fingerprint density at radius 3 is 2.73 bits per heavy atom. The first-order valence-electron chi connectivity index (χ1n) is 10.2. The first-order chi connectivity index (χ1) is 14.7. The lowest BCUT2D eigenvalue weighted by Crippen LogP contribution is -2.52. The minimum atomic E-state index is -0.390. The third-order valence-electron chi connectivity index (χ3n) is 5.90. The van der Waals surface area contributed by atoms with E-state index in [1.54, 1.807) is 12.4 Å². The molecule has 0 bridgehead atoms. The van der Waals surface area contributed by atoms with Crippen LogP contribution >= 0.6 is 0 Å². The van der Waals surface area contributed by atoms with Gasteiger partial charge in [0.05, 0.1) is 24.9 Å². The Kier molecular flexibility index (Phi) is 5.10. The molecule has 3 heterocycles. The summed E-state index contributed by atoms with van der Waals surface area (Å²) in [5, 5.41) is 3.70. The van der Waals surface area contributed by atoms with Gasteiger partial charge in [0.1, 0.15) is 5.82 Å². The van der Waals surface area contributed by atoms with Crippen LogP contribution in [-0.2, 0) is 9.53 Å². The fraction of sp³-hybridized carbons (Fsp3) is 0.364. The summed E-state index contributed by atoms with van der Waals surface area (Å²) >= 11 is 0. The number of anilines is 1. The van der Waals surface area contributed by atoms with E-state index in [0.29, 0.717) is 17.1 Å². The number of amides is 1. The predicted molar refractivity (Wildman–Crippen MR) is 110 cm³/mol. The maximum Gasteiger partial charge on any atom is 0.229 e. The molecule has 8 heteroatoms. The number of hydrogen-bond donors (Lipinski definition) is 1. The Balaban J connectivity index is 1.27. The van der Waals surface area contributed by atoms with Crippen LogP contribution in [0.15, 0.2) is 42.9 Å². The zero-order chi connectivity index (χ0) is 20.5. The van der Waals surface area contributed by atoms with Crippen LogP contribution in [0.4, 0.5) is 10.3 Å². The molecule has 7 nitrogen and oxygen atoms in total. The molecule has 3 aromatic rings. The van der Waals surface area contributed by atoms with E-state index in [1.165, 1.54) is 12.3 Å². The molecule has 1 aliphatic carbocycles. The highest BCUT2D eigenvalue weighted by Gasteiger charge is 2.38. The van der Waals surface area contributed by atoms with E-state index in [4.69, 9.17) is 4.74 Å². The van der Waals surface area contributed by atoms with Gasteiger partial charge in [0.2, 0.25) is 11.9 Å². The van der Waals surface area contributed by atoms with Crippen molar-refractivity contribution in [3.63, 3.8) is 0 Å². The minimum absolute atomic E-state index is 0.0122. The van der Waals surface area contributed by atoms with Crippen molar-refractivity contribution in [3.05, 3.63) is 48.7 Å². The number of nitrogens with zero attached hydrogens (tertiary/aromatic N) is 4. The number of benzene rings is 1. The number of aromatic nitrogens is 3. The summed E-state index contributed by atoms with van der Waals surface area (Å²) in [6.45, 7) is 3.42. The average Bonchev–Trinajstić information content (AvgIpc) is 2.73. The number of nitrogens with one attached hydrogen (secondary N) is 1. The summed E-state index contributed by atoms with van der Waals surface area (Å²) in [5.41, 5.74) is 2.16. The molecule has 2 aliphatic rings. The van der Waals surface area contributed by atoms with E-state index in [9.17, 15) is 9.18 Å². The van der Waals surface area contributed by atoms with Crippen molar-refractivity contribution in [2.75, 3.05) is 31.6 Å². The number of hydrogen-bond acceptors (Lipinski definition) is 6. The Morgan fingerprint density at radius 1 is 1.10 bits per heavy atom. The molecule has 0 unspecified atom stereocenters. The van der Waals surface area contributed by atoms with Gasteiger partial charge in [-0.2, -0.15) is 0 Å². The summed E-state index contributed by atoms with van der Waals surface area (Å²) in [5.74, 6) is -0.151. The normalized spacial score (nSPS) is 21.9.